The van der Waals surface area contributed by atoms with E-state index in [-0.39, 0.29) is 18.1 Å². The van der Waals surface area contributed by atoms with E-state index in [9.17, 15) is 14.4 Å². The maximum atomic E-state index is 12.1. The number of fused-ring (bicyclic) bond motifs is 1. The van der Waals surface area contributed by atoms with Crippen molar-refractivity contribution in [1.82, 2.24) is 14.8 Å². The SMILES string of the molecule is CCN1C(=O)N/C(=C/c2cn(CC(=O)O)c3ccccc23)C1=O. The number of aliphatic carboxylic acids is 1. The molecule has 7 heteroatoms. The topological polar surface area (TPSA) is 91.6 Å². The average molecular weight is 313 g/mol. The maximum absolute atomic E-state index is 12.1. The fraction of sp³-hybridized carbons (Fsp3) is 0.188. The summed E-state index contributed by atoms with van der Waals surface area (Å²) in [5.41, 5.74) is 1.63. The van der Waals surface area contributed by atoms with Crippen LogP contribution in [0.25, 0.3) is 17.0 Å². The van der Waals surface area contributed by atoms with E-state index >= 15 is 0 Å². The molecule has 1 aliphatic heterocycles. The van der Waals surface area contributed by atoms with Crippen LogP contribution in [0.5, 0.6) is 0 Å². The summed E-state index contributed by atoms with van der Waals surface area (Å²) in [6.07, 6.45) is 3.25. The average Bonchev–Trinajstić information content (AvgIpc) is 2.98. The molecule has 0 radical (unpaired) electrons. The van der Waals surface area contributed by atoms with Crippen LogP contribution in [0.4, 0.5) is 4.79 Å². The Bertz CT molecular complexity index is 850. The van der Waals surface area contributed by atoms with Gasteiger partial charge in [0.25, 0.3) is 5.91 Å². The second kappa shape index (κ2) is 5.60. The van der Waals surface area contributed by atoms with E-state index in [1.54, 1.807) is 23.8 Å². The van der Waals surface area contributed by atoms with Crippen molar-refractivity contribution in [3.05, 3.63) is 41.7 Å². The monoisotopic (exact) mass is 313 g/mol. The first-order valence-corrected chi connectivity index (χ1v) is 7.15. The summed E-state index contributed by atoms with van der Waals surface area (Å²) in [6, 6.07) is 6.87. The van der Waals surface area contributed by atoms with Gasteiger partial charge in [-0.3, -0.25) is 14.5 Å². The highest BCUT2D eigenvalue weighted by atomic mass is 16.4. The number of likely N-dealkylation sites (N-methyl/N-ethyl adjacent to an activating group) is 1. The fourth-order valence-electron chi connectivity index (χ4n) is 2.68. The minimum atomic E-state index is -0.952. The minimum Gasteiger partial charge on any atom is -0.480 e. The van der Waals surface area contributed by atoms with Gasteiger partial charge in [0.15, 0.2) is 0 Å². The van der Waals surface area contributed by atoms with Gasteiger partial charge in [0.2, 0.25) is 0 Å². The van der Waals surface area contributed by atoms with Crippen molar-refractivity contribution in [1.29, 1.82) is 0 Å². The van der Waals surface area contributed by atoms with Gasteiger partial charge in [-0.25, -0.2) is 4.79 Å². The molecule has 2 heterocycles. The summed E-state index contributed by atoms with van der Waals surface area (Å²) < 4.78 is 1.60. The zero-order chi connectivity index (χ0) is 16.6. The molecule has 2 aromatic rings. The van der Waals surface area contributed by atoms with Crippen molar-refractivity contribution in [2.75, 3.05) is 6.54 Å². The van der Waals surface area contributed by atoms with Crippen LogP contribution in [-0.4, -0.2) is 39.0 Å². The number of nitrogens with one attached hydrogen (secondary N) is 1. The second-order valence-corrected chi connectivity index (χ2v) is 5.16. The molecule has 1 aromatic carbocycles. The highest BCUT2D eigenvalue weighted by Gasteiger charge is 2.32. The number of rotatable bonds is 4. The molecule has 1 aliphatic rings. The maximum Gasteiger partial charge on any atom is 0.328 e. The number of carbonyl (C=O) groups excluding carboxylic acids is 2. The summed E-state index contributed by atoms with van der Waals surface area (Å²) in [5.74, 6) is -1.33. The number of nitrogens with zero attached hydrogens (tertiary/aromatic N) is 2. The molecule has 0 atom stereocenters. The summed E-state index contributed by atoms with van der Waals surface area (Å²) >= 11 is 0. The van der Waals surface area contributed by atoms with E-state index in [0.717, 1.165) is 15.8 Å². The van der Waals surface area contributed by atoms with Crippen molar-refractivity contribution in [3.63, 3.8) is 0 Å². The number of imide groups is 1. The summed E-state index contributed by atoms with van der Waals surface area (Å²) in [6.45, 7) is 1.84. The van der Waals surface area contributed by atoms with Crippen LogP contribution in [0, 0.1) is 0 Å². The highest BCUT2D eigenvalue weighted by Crippen LogP contribution is 2.24. The molecule has 3 amide bonds. The van der Waals surface area contributed by atoms with E-state index < -0.39 is 12.0 Å². The van der Waals surface area contributed by atoms with Crippen molar-refractivity contribution in [3.8, 4) is 0 Å². The van der Waals surface area contributed by atoms with Crippen LogP contribution in [0.3, 0.4) is 0 Å². The quantitative estimate of drug-likeness (QED) is 0.663. The number of aromatic nitrogens is 1. The molecule has 23 heavy (non-hydrogen) atoms. The Balaban J connectivity index is 2.07. The van der Waals surface area contributed by atoms with Crippen molar-refractivity contribution >= 4 is 34.9 Å². The summed E-state index contributed by atoms with van der Waals surface area (Å²) in [7, 11) is 0. The zero-order valence-corrected chi connectivity index (χ0v) is 12.4. The molecule has 0 aliphatic carbocycles. The molecule has 0 spiro atoms. The largest absolute Gasteiger partial charge is 0.480 e. The van der Waals surface area contributed by atoms with Gasteiger partial charge >= 0.3 is 12.0 Å². The molecule has 1 saturated heterocycles. The molecule has 0 unspecified atom stereocenters. The first-order valence-electron chi connectivity index (χ1n) is 7.15. The van der Waals surface area contributed by atoms with E-state index in [2.05, 4.69) is 5.32 Å². The number of para-hydroxylation sites is 1. The number of carbonyl (C=O) groups is 3. The number of hydrogen-bond donors (Lipinski definition) is 2. The fourth-order valence-corrected chi connectivity index (χ4v) is 2.68. The van der Waals surface area contributed by atoms with E-state index in [0.29, 0.717) is 12.1 Å². The number of hydrogen-bond acceptors (Lipinski definition) is 3. The molecule has 1 aromatic heterocycles. The van der Waals surface area contributed by atoms with Gasteiger partial charge in [-0.05, 0) is 19.1 Å². The Morgan fingerprint density at radius 2 is 2.04 bits per heavy atom. The summed E-state index contributed by atoms with van der Waals surface area (Å²) in [4.78, 5) is 35.9. The van der Waals surface area contributed by atoms with E-state index in [1.807, 2.05) is 24.3 Å². The molecule has 0 saturated carbocycles. The molecule has 0 bridgehead atoms. The Kier molecular flexibility index (Phi) is 3.61. The zero-order valence-electron chi connectivity index (χ0n) is 12.4. The lowest BCUT2D eigenvalue weighted by Crippen LogP contribution is -2.30. The van der Waals surface area contributed by atoms with Crippen LogP contribution in [0.15, 0.2) is 36.2 Å². The third-order valence-corrected chi connectivity index (χ3v) is 3.70. The van der Waals surface area contributed by atoms with Crippen LogP contribution in [0.1, 0.15) is 12.5 Å². The third-order valence-electron chi connectivity index (χ3n) is 3.70. The molecule has 7 nitrogen and oxygen atoms in total. The number of benzene rings is 1. The lowest BCUT2D eigenvalue weighted by molar-refractivity contribution is -0.137. The molecule has 2 N–H and O–H groups in total. The molecule has 118 valence electrons. The predicted molar refractivity (Wildman–Crippen MR) is 83.5 cm³/mol. The number of carboxylic acid groups (broad SMARTS) is 1. The van der Waals surface area contributed by atoms with Crippen LogP contribution >= 0.6 is 0 Å². The van der Waals surface area contributed by atoms with Crippen molar-refractivity contribution < 1.29 is 19.5 Å². The smallest absolute Gasteiger partial charge is 0.328 e. The van der Waals surface area contributed by atoms with Gasteiger partial charge < -0.3 is 15.0 Å². The van der Waals surface area contributed by atoms with Crippen molar-refractivity contribution in [2.45, 2.75) is 13.5 Å². The van der Waals surface area contributed by atoms with E-state index in [1.165, 1.54) is 0 Å². The van der Waals surface area contributed by atoms with Crippen LogP contribution < -0.4 is 5.32 Å². The Labute approximate surface area is 131 Å². The summed E-state index contributed by atoms with van der Waals surface area (Å²) in [5, 5.41) is 12.4. The van der Waals surface area contributed by atoms with Crippen LogP contribution in [-0.2, 0) is 16.1 Å². The first-order chi connectivity index (χ1) is 11.0. The van der Waals surface area contributed by atoms with Gasteiger partial charge in [-0.1, -0.05) is 18.2 Å². The standard InChI is InChI=1S/C16H15N3O4/c1-2-19-15(22)12(17-16(19)23)7-10-8-18(9-14(20)21)13-6-4-3-5-11(10)13/h3-8H,2,9H2,1H3,(H,17,23)(H,20,21)/b12-7+. The van der Waals surface area contributed by atoms with E-state index in [4.69, 9.17) is 5.11 Å². The molecular weight excluding hydrogens is 298 g/mol. The van der Waals surface area contributed by atoms with Crippen molar-refractivity contribution in [2.24, 2.45) is 0 Å². The Morgan fingerprint density at radius 1 is 1.30 bits per heavy atom. The molecule has 3 rings (SSSR count). The molecule has 1 fully saturated rings. The normalized spacial score (nSPS) is 16.4. The first kappa shape index (κ1) is 14.8. The van der Waals surface area contributed by atoms with Gasteiger partial charge in [0.1, 0.15) is 12.2 Å². The van der Waals surface area contributed by atoms with Gasteiger partial charge in [-0.2, -0.15) is 0 Å². The second-order valence-electron chi connectivity index (χ2n) is 5.16. The van der Waals surface area contributed by atoms with Crippen LogP contribution in [0.2, 0.25) is 0 Å². The van der Waals surface area contributed by atoms with Gasteiger partial charge in [-0.15, -0.1) is 0 Å². The Hall–Kier alpha value is -3.09. The molecular formula is C16H15N3O4. The number of carboxylic acids is 1. The van der Waals surface area contributed by atoms with Gasteiger partial charge in [0.05, 0.1) is 0 Å². The highest BCUT2D eigenvalue weighted by molar-refractivity contribution is 6.14. The third kappa shape index (κ3) is 2.57. The number of urea groups is 1. The van der Waals surface area contributed by atoms with Gasteiger partial charge in [0, 0.05) is 29.2 Å². The lowest BCUT2D eigenvalue weighted by atomic mass is 10.1. The lowest BCUT2D eigenvalue weighted by Gasteiger charge is -2.05. The number of amides is 3. The predicted octanol–water partition coefficient (Wildman–Crippen LogP) is 1.64. The minimum absolute atomic E-state index is 0.176. The Morgan fingerprint density at radius 3 is 2.70 bits per heavy atom.